The molecule has 0 aliphatic heterocycles. The Morgan fingerprint density at radius 2 is 1.58 bits per heavy atom. The zero-order valence-electron chi connectivity index (χ0n) is 11.4. The van der Waals surface area contributed by atoms with Crippen LogP contribution in [0.25, 0.3) is 0 Å². The lowest BCUT2D eigenvalue weighted by atomic mass is 9.92. The number of hydrazine groups is 1. The summed E-state index contributed by atoms with van der Waals surface area (Å²) in [6, 6.07) is 7.00. The highest BCUT2D eigenvalue weighted by Crippen LogP contribution is 2.17. The molecule has 2 N–H and O–H groups in total. The maximum absolute atomic E-state index is 11.6. The van der Waals surface area contributed by atoms with Crippen molar-refractivity contribution < 1.29 is 9.59 Å². The summed E-state index contributed by atoms with van der Waals surface area (Å²) in [6.07, 6.45) is 0.557. The van der Waals surface area contributed by atoms with Gasteiger partial charge in [-0.1, -0.05) is 44.5 Å². The minimum Gasteiger partial charge on any atom is -0.273 e. The maximum atomic E-state index is 11.6. The van der Waals surface area contributed by atoms with Gasteiger partial charge in [-0.05, 0) is 23.1 Å². The molecule has 0 radical (unpaired) electrons. The quantitative estimate of drug-likeness (QED) is 0.837. The smallest absolute Gasteiger partial charge is 0.242 e. The Morgan fingerprint density at radius 1 is 1.05 bits per heavy atom. The van der Waals surface area contributed by atoms with Crippen LogP contribution in [0.4, 0.5) is 0 Å². The molecule has 0 unspecified atom stereocenters. The molecule has 1 aromatic carbocycles. The number of halogens is 1. The monoisotopic (exact) mass is 282 g/mol. The first-order valence-corrected chi connectivity index (χ1v) is 6.46. The Morgan fingerprint density at radius 3 is 2.11 bits per heavy atom. The molecule has 0 spiro atoms. The Labute approximate surface area is 118 Å². The van der Waals surface area contributed by atoms with Crippen molar-refractivity contribution in [1.29, 1.82) is 0 Å². The molecule has 0 bridgehead atoms. The normalized spacial score (nSPS) is 10.9. The summed E-state index contributed by atoms with van der Waals surface area (Å²) in [7, 11) is 0. The zero-order valence-corrected chi connectivity index (χ0v) is 12.2. The maximum Gasteiger partial charge on any atom is 0.242 e. The van der Waals surface area contributed by atoms with Gasteiger partial charge in [0.2, 0.25) is 11.8 Å². The van der Waals surface area contributed by atoms with Gasteiger partial charge < -0.3 is 0 Å². The summed E-state index contributed by atoms with van der Waals surface area (Å²) < 4.78 is 0. The van der Waals surface area contributed by atoms with Gasteiger partial charge in [-0.2, -0.15) is 0 Å². The van der Waals surface area contributed by atoms with E-state index in [1.807, 2.05) is 20.8 Å². The predicted octanol–water partition coefficient (Wildman–Crippen LogP) is 2.47. The SMILES string of the molecule is CC(C)(C)CC(=O)NNC(=O)Cc1ccc(Cl)cc1. The van der Waals surface area contributed by atoms with Gasteiger partial charge in [0.05, 0.1) is 6.42 Å². The standard InChI is InChI=1S/C14H19ClN2O2/c1-14(2,3)9-13(19)17-16-12(18)8-10-4-6-11(15)7-5-10/h4-7H,8-9H2,1-3H3,(H,16,18)(H,17,19). The third kappa shape index (κ3) is 6.82. The number of hydrogen-bond acceptors (Lipinski definition) is 2. The molecular formula is C14H19ClN2O2. The number of hydrogen-bond donors (Lipinski definition) is 2. The highest BCUT2D eigenvalue weighted by molar-refractivity contribution is 6.30. The van der Waals surface area contributed by atoms with Crippen molar-refractivity contribution in [2.45, 2.75) is 33.6 Å². The first kappa shape index (κ1) is 15.5. The molecule has 0 aliphatic carbocycles. The Kier molecular flexibility index (Phi) is 5.36. The first-order valence-electron chi connectivity index (χ1n) is 6.08. The van der Waals surface area contributed by atoms with E-state index < -0.39 is 0 Å². The minimum absolute atomic E-state index is 0.106. The number of benzene rings is 1. The van der Waals surface area contributed by atoms with Gasteiger partial charge in [-0.3, -0.25) is 20.4 Å². The molecule has 5 heteroatoms. The summed E-state index contributed by atoms with van der Waals surface area (Å²) >= 11 is 5.75. The summed E-state index contributed by atoms with van der Waals surface area (Å²) in [4.78, 5) is 23.1. The van der Waals surface area contributed by atoms with E-state index in [2.05, 4.69) is 10.9 Å². The van der Waals surface area contributed by atoms with Gasteiger partial charge >= 0.3 is 0 Å². The Balaban J connectivity index is 2.36. The van der Waals surface area contributed by atoms with E-state index in [-0.39, 0.29) is 23.7 Å². The zero-order chi connectivity index (χ0) is 14.5. The van der Waals surface area contributed by atoms with E-state index in [0.717, 1.165) is 5.56 Å². The highest BCUT2D eigenvalue weighted by atomic mass is 35.5. The van der Waals surface area contributed by atoms with Crippen molar-refractivity contribution in [2.75, 3.05) is 0 Å². The summed E-state index contributed by atoms with van der Waals surface area (Å²) in [5, 5.41) is 0.627. The minimum atomic E-state index is -0.260. The van der Waals surface area contributed by atoms with Crippen LogP contribution < -0.4 is 10.9 Å². The fourth-order valence-electron chi connectivity index (χ4n) is 1.50. The predicted molar refractivity (Wildman–Crippen MR) is 75.5 cm³/mol. The van der Waals surface area contributed by atoms with Crippen molar-refractivity contribution in [2.24, 2.45) is 5.41 Å². The van der Waals surface area contributed by atoms with Crippen molar-refractivity contribution in [3.63, 3.8) is 0 Å². The Bertz CT molecular complexity index is 450. The molecule has 0 fully saturated rings. The summed E-state index contributed by atoms with van der Waals surface area (Å²) in [5.41, 5.74) is 5.54. The number of carbonyl (C=O) groups is 2. The van der Waals surface area contributed by atoms with E-state index >= 15 is 0 Å². The first-order chi connectivity index (χ1) is 8.76. The molecule has 1 aromatic rings. The second-order valence-electron chi connectivity index (χ2n) is 5.64. The fraction of sp³-hybridized carbons (Fsp3) is 0.429. The second-order valence-corrected chi connectivity index (χ2v) is 6.07. The van der Waals surface area contributed by atoms with Crippen LogP contribution in [0.5, 0.6) is 0 Å². The lowest BCUT2D eigenvalue weighted by molar-refractivity contribution is -0.129. The summed E-state index contributed by atoms with van der Waals surface area (Å²) in [6.45, 7) is 5.88. The van der Waals surface area contributed by atoms with Crippen molar-refractivity contribution in [3.8, 4) is 0 Å². The number of nitrogens with one attached hydrogen (secondary N) is 2. The second kappa shape index (κ2) is 6.57. The van der Waals surface area contributed by atoms with Gasteiger partial charge in [-0.15, -0.1) is 0 Å². The lowest BCUT2D eigenvalue weighted by Crippen LogP contribution is -2.43. The van der Waals surface area contributed by atoms with Gasteiger partial charge in [0.15, 0.2) is 0 Å². The number of rotatable bonds is 3. The molecule has 0 heterocycles. The molecule has 0 aromatic heterocycles. The molecule has 0 atom stereocenters. The third-order valence-electron chi connectivity index (χ3n) is 2.31. The van der Waals surface area contributed by atoms with Crippen LogP contribution in [-0.2, 0) is 16.0 Å². The van der Waals surface area contributed by atoms with E-state index in [1.54, 1.807) is 24.3 Å². The van der Waals surface area contributed by atoms with Crippen LogP contribution in [0.2, 0.25) is 5.02 Å². The molecule has 4 nitrogen and oxygen atoms in total. The molecule has 104 valence electrons. The molecule has 19 heavy (non-hydrogen) atoms. The molecule has 1 rings (SSSR count). The van der Waals surface area contributed by atoms with Crippen molar-refractivity contribution in [3.05, 3.63) is 34.9 Å². The van der Waals surface area contributed by atoms with Gasteiger partial charge in [0, 0.05) is 11.4 Å². The van der Waals surface area contributed by atoms with Crippen molar-refractivity contribution in [1.82, 2.24) is 10.9 Å². The van der Waals surface area contributed by atoms with Gasteiger partial charge in [-0.25, -0.2) is 0 Å². The summed E-state index contributed by atoms with van der Waals surface area (Å²) in [5.74, 6) is -0.457. The molecular weight excluding hydrogens is 264 g/mol. The van der Waals surface area contributed by atoms with E-state index in [1.165, 1.54) is 0 Å². The van der Waals surface area contributed by atoms with E-state index in [4.69, 9.17) is 11.6 Å². The lowest BCUT2D eigenvalue weighted by Gasteiger charge is -2.17. The Hall–Kier alpha value is -1.55. The van der Waals surface area contributed by atoms with Crippen LogP contribution in [0.3, 0.4) is 0 Å². The highest BCUT2D eigenvalue weighted by Gasteiger charge is 2.16. The molecule has 0 saturated carbocycles. The number of amides is 2. The largest absolute Gasteiger partial charge is 0.273 e. The third-order valence-corrected chi connectivity index (χ3v) is 2.56. The van der Waals surface area contributed by atoms with E-state index in [0.29, 0.717) is 11.4 Å². The van der Waals surface area contributed by atoms with Gasteiger partial charge in [0.25, 0.3) is 0 Å². The number of carbonyl (C=O) groups excluding carboxylic acids is 2. The van der Waals surface area contributed by atoms with Crippen LogP contribution in [-0.4, -0.2) is 11.8 Å². The average Bonchev–Trinajstić information content (AvgIpc) is 2.27. The van der Waals surface area contributed by atoms with Crippen molar-refractivity contribution >= 4 is 23.4 Å². The van der Waals surface area contributed by atoms with Crippen LogP contribution in [0, 0.1) is 5.41 Å². The fourth-order valence-corrected chi connectivity index (χ4v) is 1.62. The topological polar surface area (TPSA) is 58.2 Å². The molecule has 2 amide bonds. The molecule has 0 aliphatic rings. The van der Waals surface area contributed by atoms with Crippen LogP contribution in [0.15, 0.2) is 24.3 Å². The average molecular weight is 283 g/mol. The van der Waals surface area contributed by atoms with E-state index in [9.17, 15) is 9.59 Å². The molecule has 0 saturated heterocycles. The van der Waals surface area contributed by atoms with Crippen LogP contribution in [0.1, 0.15) is 32.8 Å². The van der Waals surface area contributed by atoms with Gasteiger partial charge in [0.1, 0.15) is 0 Å². The van der Waals surface area contributed by atoms with Crippen LogP contribution >= 0.6 is 11.6 Å².